The average molecular weight is 322 g/mol. The van der Waals surface area contributed by atoms with Gasteiger partial charge in [-0.05, 0) is 29.8 Å². The molecule has 108 valence electrons. The Balaban J connectivity index is 2.08. The van der Waals surface area contributed by atoms with Gasteiger partial charge >= 0.3 is 0 Å². The molecule has 0 heterocycles. The number of hydrogen-bond acceptors (Lipinski definition) is 2. The van der Waals surface area contributed by atoms with Gasteiger partial charge in [0.2, 0.25) is 5.91 Å². The molecule has 0 aromatic heterocycles. The fraction of sp³-hybridized carbons (Fsp3) is 0.0625. The zero-order valence-electron chi connectivity index (χ0n) is 11.1. The van der Waals surface area contributed by atoms with Crippen LogP contribution in [0.5, 0.6) is 5.75 Å². The lowest BCUT2D eigenvalue weighted by molar-refractivity contribution is -0.113. The molecule has 0 saturated carbocycles. The van der Waals surface area contributed by atoms with Crippen molar-refractivity contribution in [2.24, 2.45) is 5.73 Å². The van der Waals surface area contributed by atoms with E-state index in [2.05, 4.69) is 0 Å². The van der Waals surface area contributed by atoms with Gasteiger partial charge in [-0.1, -0.05) is 47.5 Å². The molecule has 0 aliphatic carbocycles. The first kappa shape index (κ1) is 15.4. The van der Waals surface area contributed by atoms with Gasteiger partial charge in [-0.2, -0.15) is 0 Å². The van der Waals surface area contributed by atoms with Crippen molar-refractivity contribution in [2.75, 3.05) is 0 Å². The van der Waals surface area contributed by atoms with Crippen molar-refractivity contribution < 1.29 is 9.53 Å². The molecule has 2 aromatic carbocycles. The highest BCUT2D eigenvalue weighted by atomic mass is 35.5. The number of ether oxygens (including phenoxy) is 1. The number of benzene rings is 2. The van der Waals surface area contributed by atoms with Crippen molar-refractivity contribution in [3.05, 3.63) is 69.7 Å². The second kappa shape index (κ2) is 7.16. The first-order chi connectivity index (χ1) is 10.1. The normalized spacial score (nSPS) is 10.8. The van der Waals surface area contributed by atoms with Crippen molar-refractivity contribution in [1.82, 2.24) is 0 Å². The van der Waals surface area contributed by atoms with E-state index in [4.69, 9.17) is 33.7 Å². The topological polar surface area (TPSA) is 52.3 Å². The monoisotopic (exact) mass is 321 g/mol. The highest BCUT2D eigenvalue weighted by Gasteiger charge is 2.04. The molecule has 0 aliphatic heterocycles. The summed E-state index contributed by atoms with van der Waals surface area (Å²) in [5.41, 5.74) is 6.69. The van der Waals surface area contributed by atoms with E-state index in [0.29, 0.717) is 22.4 Å². The van der Waals surface area contributed by atoms with Crippen molar-refractivity contribution in [1.29, 1.82) is 0 Å². The summed E-state index contributed by atoms with van der Waals surface area (Å²) < 4.78 is 5.65. The van der Waals surface area contributed by atoms with Gasteiger partial charge in [0, 0.05) is 16.7 Å². The third-order valence-electron chi connectivity index (χ3n) is 2.74. The molecule has 21 heavy (non-hydrogen) atoms. The van der Waals surface area contributed by atoms with E-state index < -0.39 is 5.91 Å². The van der Waals surface area contributed by atoms with Crippen LogP contribution in [-0.2, 0) is 11.4 Å². The van der Waals surface area contributed by atoms with Crippen LogP contribution in [-0.4, -0.2) is 5.91 Å². The van der Waals surface area contributed by atoms with Crippen molar-refractivity contribution >= 4 is 35.2 Å². The van der Waals surface area contributed by atoms with Crippen LogP contribution in [0.2, 0.25) is 10.0 Å². The Labute approximate surface area is 132 Å². The first-order valence-electron chi connectivity index (χ1n) is 6.19. The number of nitrogens with two attached hydrogens (primary N) is 1. The van der Waals surface area contributed by atoms with E-state index in [0.717, 1.165) is 11.1 Å². The molecule has 0 unspecified atom stereocenters. The molecule has 0 radical (unpaired) electrons. The summed E-state index contributed by atoms with van der Waals surface area (Å²) in [6, 6.07) is 12.7. The molecule has 1 amide bonds. The highest BCUT2D eigenvalue weighted by Crippen LogP contribution is 2.27. The molecule has 0 fully saturated rings. The molecule has 2 N–H and O–H groups in total. The van der Waals surface area contributed by atoms with Crippen LogP contribution in [0.25, 0.3) is 6.08 Å². The number of amides is 1. The average Bonchev–Trinajstić information content (AvgIpc) is 2.45. The summed E-state index contributed by atoms with van der Waals surface area (Å²) in [5, 5.41) is 1.10. The molecule has 2 rings (SSSR count). The van der Waals surface area contributed by atoms with Gasteiger partial charge in [0.1, 0.15) is 12.4 Å². The molecule has 5 heteroatoms. The van der Waals surface area contributed by atoms with E-state index in [1.165, 1.54) is 6.08 Å². The third-order valence-corrected chi connectivity index (χ3v) is 3.40. The molecular weight excluding hydrogens is 309 g/mol. The standard InChI is InChI=1S/C16H13Cl2NO2/c17-13-4-2-1-3-12(13)10-21-15-7-5-11(9-14(15)18)6-8-16(19)20/h1-9H,10H2,(H2,19,20)/b8-6+. The summed E-state index contributed by atoms with van der Waals surface area (Å²) in [7, 11) is 0. The second-order valence-electron chi connectivity index (χ2n) is 4.31. The van der Waals surface area contributed by atoms with E-state index in [9.17, 15) is 4.79 Å². The lowest BCUT2D eigenvalue weighted by Gasteiger charge is -2.09. The fourth-order valence-corrected chi connectivity index (χ4v) is 2.12. The maximum atomic E-state index is 10.7. The minimum atomic E-state index is -0.509. The summed E-state index contributed by atoms with van der Waals surface area (Å²) in [6.07, 6.45) is 2.86. The van der Waals surface area contributed by atoms with Gasteiger partial charge in [0.05, 0.1) is 5.02 Å². The number of carbonyl (C=O) groups is 1. The highest BCUT2D eigenvalue weighted by molar-refractivity contribution is 6.32. The molecule has 2 aromatic rings. The Morgan fingerprint density at radius 3 is 2.57 bits per heavy atom. The maximum Gasteiger partial charge on any atom is 0.241 e. The molecule has 0 saturated heterocycles. The first-order valence-corrected chi connectivity index (χ1v) is 6.95. The third kappa shape index (κ3) is 4.52. The van der Waals surface area contributed by atoms with Crippen molar-refractivity contribution in [3.63, 3.8) is 0 Å². The minimum Gasteiger partial charge on any atom is -0.487 e. The zero-order valence-corrected chi connectivity index (χ0v) is 12.6. The number of hydrogen-bond donors (Lipinski definition) is 1. The van der Waals surface area contributed by atoms with Gasteiger partial charge in [-0.3, -0.25) is 4.79 Å². The smallest absolute Gasteiger partial charge is 0.241 e. The predicted molar refractivity (Wildman–Crippen MR) is 85.5 cm³/mol. The Morgan fingerprint density at radius 1 is 1.14 bits per heavy atom. The van der Waals surface area contributed by atoms with Crippen LogP contribution in [0.15, 0.2) is 48.5 Å². The molecule has 0 aliphatic rings. The van der Waals surface area contributed by atoms with E-state index in [1.54, 1.807) is 30.3 Å². The molecule has 0 bridgehead atoms. The van der Waals surface area contributed by atoms with Crippen LogP contribution < -0.4 is 10.5 Å². The SMILES string of the molecule is NC(=O)/C=C/c1ccc(OCc2ccccc2Cl)c(Cl)c1. The summed E-state index contributed by atoms with van der Waals surface area (Å²) in [4.78, 5) is 10.7. The Kier molecular flexibility index (Phi) is 5.26. The fourth-order valence-electron chi connectivity index (χ4n) is 1.69. The number of halogens is 2. The molecule has 0 atom stereocenters. The summed E-state index contributed by atoms with van der Waals surface area (Å²) >= 11 is 12.2. The Morgan fingerprint density at radius 2 is 1.90 bits per heavy atom. The molecular formula is C16H13Cl2NO2. The van der Waals surface area contributed by atoms with Crippen LogP contribution in [0.3, 0.4) is 0 Å². The van der Waals surface area contributed by atoms with Gasteiger partial charge in [-0.25, -0.2) is 0 Å². The molecule has 0 spiro atoms. The number of rotatable bonds is 5. The number of carbonyl (C=O) groups excluding carboxylic acids is 1. The maximum absolute atomic E-state index is 10.7. The van der Waals surface area contributed by atoms with Crippen molar-refractivity contribution in [2.45, 2.75) is 6.61 Å². The lowest BCUT2D eigenvalue weighted by atomic mass is 10.2. The van der Waals surface area contributed by atoms with E-state index in [1.807, 2.05) is 18.2 Å². The second-order valence-corrected chi connectivity index (χ2v) is 5.12. The van der Waals surface area contributed by atoms with Crippen LogP contribution in [0.1, 0.15) is 11.1 Å². The molecule has 3 nitrogen and oxygen atoms in total. The summed E-state index contributed by atoms with van der Waals surface area (Å²) in [6.45, 7) is 0.329. The van der Waals surface area contributed by atoms with E-state index >= 15 is 0 Å². The van der Waals surface area contributed by atoms with Crippen molar-refractivity contribution in [3.8, 4) is 5.75 Å². The minimum absolute atomic E-state index is 0.329. The van der Waals surface area contributed by atoms with Gasteiger partial charge in [-0.15, -0.1) is 0 Å². The number of primary amides is 1. The predicted octanol–water partition coefficient (Wildman–Crippen LogP) is 4.07. The summed E-state index contributed by atoms with van der Waals surface area (Å²) in [5.74, 6) is 0.0398. The van der Waals surface area contributed by atoms with Crippen LogP contribution >= 0.6 is 23.2 Å². The zero-order chi connectivity index (χ0) is 15.2. The lowest BCUT2D eigenvalue weighted by Crippen LogP contribution is -2.05. The van der Waals surface area contributed by atoms with Gasteiger partial charge in [0.15, 0.2) is 0 Å². The largest absolute Gasteiger partial charge is 0.487 e. The van der Waals surface area contributed by atoms with Crippen LogP contribution in [0, 0.1) is 0 Å². The van der Waals surface area contributed by atoms with Gasteiger partial charge < -0.3 is 10.5 Å². The van der Waals surface area contributed by atoms with Gasteiger partial charge in [0.25, 0.3) is 0 Å². The van der Waals surface area contributed by atoms with E-state index in [-0.39, 0.29) is 0 Å². The Hall–Kier alpha value is -1.97. The van der Waals surface area contributed by atoms with Crippen LogP contribution in [0.4, 0.5) is 0 Å². The quantitative estimate of drug-likeness (QED) is 0.844. The Bertz CT molecular complexity index is 684.